The third kappa shape index (κ3) is 18.2. The van der Waals surface area contributed by atoms with Gasteiger partial charge in [-0.15, -0.1) is 22.7 Å². The summed E-state index contributed by atoms with van der Waals surface area (Å²) in [5.74, 6) is -0.864. The maximum absolute atomic E-state index is 15.6. The predicted molar refractivity (Wildman–Crippen MR) is 333 cm³/mol. The fraction of sp³-hybridized carbons (Fsp3) is 0.667. The van der Waals surface area contributed by atoms with Crippen molar-refractivity contribution in [1.82, 2.24) is 9.80 Å². The maximum Gasteiger partial charge on any atom is 0.262 e. The highest BCUT2D eigenvalue weighted by Gasteiger charge is 2.44. The molecule has 4 heterocycles. The van der Waals surface area contributed by atoms with Crippen LogP contribution in [0.15, 0.2) is 44.0 Å². The Bertz CT molecular complexity index is 2220. The van der Waals surface area contributed by atoms with Crippen LogP contribution in [0.1, 0.15) is 300 Å². The average molecular weight is 1210 g/mol. The van der Waals surface area contributed by atoms with Crippen LogP contribution < -0.4 is 0 Å². The van der Waals surface area contributed by atoms with E-state index < -0.39 is 0 Å². The second-order valence-electron chi connectivity index (χ2n) is 22.9. The van der Waals surface area contributed by atoms with E-state index in [-0.39, 0.29) is 35.5 Å². The zero-order valence-corrected chi connectivity index (χ0v) is 52.4. The van der Waals surface area contributed by atoms with Gasteiger partial charge in [-0.2, -0.15) is 0 Å². The molecule has 2 aliphatic heterocycles. The summed E-state index contributed by atoms with van der Waals surface area (Å²) in [6.45, 7) is 9.80. The lowest BCUT2D eigenvalue weighted by molar-refractivity contribution is 0.0557. The number of thiophene rings is 2. The highest BCUT2D eigenvalue weighted by Crippen LogP contribution is 2.49. The van der Waals surface area contributed by atoms with Crippen molar-refractivity contribution in [2.24, 2.45) is 11.8 Å². The molecule has 4 aromatic rings. The van der Waals surface area contributed by atoms with E-state index in [0.717, 1.165) is 68.7 Å². The van der Waals surface area contributed by atoms with Gasteiger partial charge in [-0.3, -0.25) is 29.0 Å². The van der Waals surface area contributed by atoms with Crippen LogP contribution in [0.2, 0.25) is 0 Å². The van der Waals surface area contributed by atoms with Gasteiger partial charge in [0.15, 0.2) is 0 Å². The van der Waals surface area contributed by atoms with Crippen LogP contribution in [0.3, 0.4) is 0 Å². The lowest BCUT2D eigenvalue weighted by Gasteiger charge is -2.36. The van der Waals surface area contributed by atoms with E-state index in [2.05, 4.69) is 59.6 Å². The Morgan fingerprint density at radius 3 is 0.868 bits per heavy atom. The predicted octanol–water partition coefficient (Wildman–Crippen LogP) is 22.4. The molecular formula is C66H96Br2N2O4S2. The summed E-state index contributed by atoms with van der Waals surface area (Å²) in [4.78, 5) is 66.8. The third-order valence-electron chi connectivity index (χ3n) is 16.7. The minimum atomic E-state index is -0.314. The first-order valence-electron chi connectivity index (χ1n) is 31.0. The average Bonchev–Trinajstić information content (AvgIpc) is 4.07. The molecule has 4 amide bonds. The van der Waals surface area contributed by atoms with Crippen molar-refractivity contribution in [3.63, 3.8) is 0 Å². The van der Waals surface area contributed by atoms with Crippen LogP contribution in [-0.2, 0) is 0 Å². The first kappa shape index (κ1) is 62.5. The summed E-state index contributed by atoms with van der Waals surface area (Å²) >= 11 is 10.5. The van der Waals surface area contributed by atoms with E-state index in [1.807, 2.05) is 36.4 Å². The first-order valence-corrected chi connectivity index (χ1v) is 34.3. The van der Waals surface area contributed by atoms with Crippen molar-refractivity contribution in [3.8, 4) is 20.9 Å². The Labute approximate surface area is 485 Å². The fourth-order valence-corrected chi connectivity index (χ4v) is 15.1. The van der Waals surface area contributed by atoms with E-state index in [0.29, 0.717) is 57.2 Å². The van der Waals surface area contributed by atoms with Crippen LogP contribution in [0.4, 0.5) is 0 Å². The number of hydrogen-bond acceptors (Lipinski definition) is 6. The highest BCUT2D eigenvalue weighted by atomic mass is 79.9. The van der Waals surface area contributed by atoms with Gasteiger partial charge in [-0.1, -0.05) is 233 Å². The zero-order chi connectivity index (χ0) is 54.1. The molecule has 0 saturated carbocycles. The molecule has 2 aliphatic rings. The van der Waals surface area contributed by atoms with Crippen molar-refractivity contribution in [1.29, 1.82) is 0 Å². The molecule has 2 aromatic carbocycles. The lowest BCUT2D eigenvalue weighted by Crippen LogP contribution is -2.46. The lowest BCUT2D eigenvalue weighted by atomic mass is 9.80. The molecule has 0 saturated heterocycles. The molecular weight excluding hydrogens is 1110 g/mol. The zero-order valence-electron chi connectivity index (χ0n) is 47.6. The van der Waals surface area contributed by atoms with Gasteiger partial charge in [0.25, 0.3) is 23.6 Å². The molecule has 0 unspecified atom stereocenters. The standard InChI is InChI=1S/C66H96Br2N2O4S2/c1-5-9-13-17-21-25-29-33-37-49(38-34-30-26-22-18-14-10-6-2)47-69-63(71)53-45-52(56-42-44-58(68)76-56)62-60-54(46-51(55-41-43-57(67)75-55)61(59(53)60)65(69)73)64(72)70(66(62)74)48-50(39-35-31-27-23-19-15-11-7-3)40-36-32-28-24-20-16-12-8-4/h41-46,49-50H,5-40,47-48H2,1-4H3. The molecule has 0 N–H and O–H groups in total. The van der Waals surface area contributed by atoms with Crippen LogP contribution in [0, 0.1) is 11.8 Å². The van der Waals surface area contributed by atoms with E-state index >= 15 is 19.2 Å². The highest BCUT2D eigenvalue weighted by molar-refractivity contribution is 9.11. The van der Waals surface area contributed by atoms with Gasteiger partial charge in [0.1, 0.15) is 0 Å². The number of hydrogen-bond donors (Lipinski definition) is 0. The topological polar surface area (TPSA) is 74.8 Å². The normalized spacial score (nSPS) is 13.6. The van der Waals surface area contributed by atoms with Crippen molar-refractivity contribution >= 4 is 88.9 Å². The van der Waals surface area contributed by atoms with Crippen LogP contribution in [0.25, 0.3) is 31.7 Å². The summed E-state index contributed by atoms with van der Waals surface area (Å²) in [5.41, 5.74) is 3.05. The van der Waals surface area contributed by atoms with Gasteiger partial charge in [-0.05, 0) is 106 Å². The number of rotatable bonds is 42. The Morgan fingerprint density at radius 2 is 0.618 bits per heavy atom. The second kappa shape index (κ2) is 34.5. The molecule has 76 heavy (non-hydrogen) atoms. The fourth-order valence-electron chi connectivity index (χ4n) is 12.2. The molecule has 0 bridgehead atoms. The van der Waals surface area contributed by atoms with Gasteiger partial charge in [-0.25, -0.2) is 0 Å². The van der Waals surface area contributed by atoms with Gasteiger partial charge in [0.05, 0.1) is 18.7 Å². The molecule has 0 atom stereocenters. The quantitative estimate of drug-likeness (QED) is 0.0327. The monoisotopic (exact) mass is 1200 g/mol. The van der Waals surface area contributed by atoms with E-state index in [9.17, 15) is 0 Å². The number of carbonyl (C=O) groups excluding carboxylic acids is 4. The number of amides is 4. The van der Waals surface area contributed by atoms with Gasteiger partial charge in [0.2, 0.25) is 0 Å². The maximum atomic E-state index is 15.6. The van der Waals surface area contributed by atoms with Crippen molar-refractivity contribution in [2.45, 2.75) is 259 Å². The van der Waals surface area contributed by atoms with Crippen LogP contribution >= 0.6 is 54.5 Å². The minimum absolute atomic E-state index is 0.191. The second-order valence-corrected chi connectivity index (χ2v) is 27.8. The molecule has 2 aromatic heterocycles. The molecule has 0 spiro atoms. The molecule has 0 radical (unpaired) electrons. The smallest absolute Gasteiger partial charge is 0.262 e. The van der Waals surface area contributed by atoms with Gasteiger partial charge in [0, 0.05) is 55.9 Å². The third-order valence-corrected chi connectivity index (χ3v) is 20.0. The largest absolute Gasteiger partial charge is 0.274 e. The number of carbonyl (C=O) groups is 4. The number of benzene rings is 2. The van der Waals surface area contributed by atoms with Crippen LogP contribution in [0.5, 0.6) is 0 Å². The molecule has 6 nitrogen and oxygen atoms in total. The molecule has 420 valence electrons. The van der Waals surface area contributed by atoms with E-state index in [1.54, 1.807) is 9.80 Å². The number of unbranched alkanes of at least 4 members (excludes halogenated alkanes) is 28. The molecule has 6 rings (SSSR count). The Morgan fingerprint density at radius 1 is 0.355 bits per heavy atom. The summed E-state index contributed by atoms with van der Waals surface area (Å²) in [5, 5.41) is 0.937. The molecule has 10 heteroatoms. The van der Waals surface area contributed by atoms with Crippen molar-refractivity contribution in [2.75, 3.05) is 13.1 Å². The summed E-state index contributed by atoms with van der Waals surface area (Å²) in [7, 11) is 0. The summed E-state index contributed by atoms with van der Waals surface area (Å²) in [6.07, 6.45) is 43.6. The van der Waals surface area contributed by atoms with Crippen molar-refractivity contribution in [3.05, 3.63) is 66.2 Å². The number of imide groups is 2. The Balaban J connectivity index is 1.34. The summed E-state index contributed by atoms with van der Waals surface area (Å²) < 4.78 is 1.84. The molecule has 0 fully saturated rings. The SMILES string of the molecule is CCCCCCCCCCC(CCCCCCCCCC)CN1C(=O)c2cc(-c3ccc(Br)s3)c3c4c(cc(-c5ccc(Br)s5)c(c24)C1=O)C(=O)N(CC(CCCCCCCCCC)CCCCCCCCCC)C3=O. The summed E-state index contributed by atoms with van der Waals surface area (Å²) in [6, 6.07) is 11.8. The van der Waals surface area contributed by atoms with Gasteiger partial charge >= 0.3 is 0 Å². The van der Waals surface area contributed by atoms with Gasteiger partial charge < -0.3 is 0 Å². The van der Waals surface area contributed by atoms with Crippen molar-refractivity contribution < 1.29 is 19.2 Å². The Kier molecular flexibility index (Phi) is 28.4. The Hall–Kier alpha value is -2.66. The number of nitrogens with zero attached hydrogens (tertiary/aromatic N) is 2. The molecule has 0 aliphatic carbocycles. The number of halogens is 2. The van der Waals surface area contributed by atoms with Crippen LogP contribution in [-0.4, -0.2) is 46.5 Å². The van der Waals surface area contributed by atoms with E-state index in [1.165, 1.54) is 202 Å². The minimum Gasteiger partial charge on any atom is -0.274 e. The first-order chi connectivity index (χ1) is 37.1. The van der Waals surface area contributed by atoms with E-state index in [4.69, 9.17) is 0 Å².